The van der Waals surface area contributed by atoms with E-state index in [9.17, 15) is 0 Å². The molecule has 0 radical (unpaired) electrons. The highest BCUT2D eigenvalue weighted by Crippen LogP contribution is 2.50. The maximum absolute atomic E-state index is 5.99. The minimum Gasteiger partial charge on any atom is -0.331 e. The molecule has 0 spiro atoms. The van der Waals surface area contributed by atoms with Gasteiger partial charge in [-0.3, -0.25) is 0 Å². The second-order valence-electron chi connectivity index (χ2n) is 5.03. The lowest BCUT2D eigenvalue weighted by Crippen LogP contribution is -2.10. The van der Waals surface area contributed by atoms with Crippen LogP contribution >= 0.6 is 23.8 Å². The monoisotopic (exact) mass is 266 g/mol. The number of hydrogen-bond donors (Lipinski definition) is 1. The van der Waals surface area contributed by atoms with Crippen molar-refractivity contribution < 1.29 is 0 Å². The van der Waals surface area contributed by atoms with Gasteiger partial charge in [-0.05, 0) is 55.1 Å². The maximum atomic E-state index is 5.99. The van der Waals surface area contributed by atoms with Crippen LogP contribution in [0.15, 0.2) is 18.2 Å². The van der Waals surface area contributed by atoms with Gasteiger partial charge >= 0.3 is 0 Å². The molecule has 0 bridgehead atoms. The number of rotatable bonds is 3. The zero-order chi connectivity index (χ0) is 12.0. The van der Waals surface area contributed by atoms with Crippen LogP contribution < -0.4 is 0 Å². The Morgan fingerprint density at radius 3 is 2.88 bits per heavy atom. The van der Waals surface area contributed by atoms with E-state index < -0.39 is 0 Å². The Labute approximate surface area is 111 Å². The smallest absolute Gasteiger partial charge is 0.178 e. The van der Waals surface area contributed by atoms with Gasteiger partial charge in [-0.25, -0.2) is 0 Å². The van der Waals surface area contributed by atoms with Gasteiger partial charge < -0.3 is 9.55 Å². The quantitative estimate of drug-likeness (QED) is 0.809. The molecule has 17 heavy (non-hydrogen) atoms. The van der Waals surface area contributed by atoms with Crippen molar-refractivity contribution in [1.29, 1.82) is 0 Å². The molecule has 3 rings (SSSR count). The van der Waals surface area contributed by atoms with Crippen LogP contribution in [0.5, 0.6) is 0 Å². The Hall–Kier alpha value is -0.800. The molecule has 1 aromatic carbocycles. The van der Waals surface area contributed by atoms with E-state index in [-0.39, 0.29) is 0 Å². The van der Waals surface area contributed by atoms with Crippen LogP contribution in [0, 0.1) is 10.2 Å². The van der Waals surface area contributed by atoms with Crippen LogP contribution in [0.4, 0.5) is 0 Å². The average Bonchev–Trinajstić information content (AvgIpc) is 3.01. The number of benzene rings is 1. The number of fused-ring (bicyclic) bond motifs is 1. The van der Waals surface area contributed by atoms with Crippen molar-refractivity contribution >= 4 is 34.9 Å². The molecule has 2 aromatic rings. The Morgan fingerprint density at radius 2 is 2.24 bits per heavy atom. The minimum absolute atomic E-state index is 0.493. The van der Waals surface area contributed by atoms with E-state index in [1.807, 2.05) is 12.1 Å². The van der Waals surface area contributed by atoms with Gasteiger partial charge in [-0.2, -0.15) is 0 Å². The SMILES string of the molecule is CCC1(Cn2c(=S)[nH]c3cc(Cl)ccc32)CC1. The molecule has 4 heteroatoms. The van der Waals surface area contributed by atoms with E-state index in [1.54, 1.807) is 0 Å². The topological polar surface area (TPSA) is 20.7 Å². The molecule has 1 heterocycles. The molecular weight excluding hydrogens is 252 g/mol. The highest BCUT2D eigenvalue weighted by Gasteiger charge is 2.41. The molecule has 1 aliphatic carbocycles. The molecule has 2 nitrogen and oxygen atoms in total. The van der Waals surface area contributed by atoms with Gasteiger partial charge in [0.25, 0.3) is 0 Å². The fourth-order valence-corrected chi connectivity index (χ4v) is 2.87. The first-order valence-electron chi connectivity index (χ1n) is 6.02. The lowest BCUT2D eigenvalue weighted by molar-refractivity contribution is 0.413. The third kappa shape index (κ3) is 1.91. The van der Waals surface area contributed by atoms with Gasteiger partial charge in [0.15, 0.2) is 4.77 Å². The van der Waals surface area contributed by atoms with E-state index in [4.69, 9.17) is 23.8 Å². The van der Waals surface area contributed by atoms with Crippen LogP contribution in [0.2, 0.25) is 5.02 Å². The maximum Gasteiger partial charge on any atom is 0.178 e. The van der Waals surface area contributed by atoms with E-state index in [1.165, 1.54) is 24.8 Å². The molecule has 1 aromatic heterocycles. The summed E-state index contributed by atoms with van der Waals surface area (Å²) in [6.07, 6.45) is 3.88. The molecule has 0 aliphatic heterocycles. The molecule has 1 fully saturated rings. The van der Waals surface area contributed by atoms with Gasteiger partial charge in [0.05, 0.1) is 11.0 Å². The molecule has 1 N–H and O–H groups in total. The van der Waals surface area contributed by atoms with Crippen LogP contribution in [-0.4, -0.2) is 9.55 Å². The summed E-state index contributed by atoms with van der Waals surface area (Å²) < 4.78 is 3.03. The Bertz CT molecular complexity index is 622. The number of nitrogens with zero attached hydrogens (tertiary/aromatic N) is 1. The van der Waals surface area contributed by atoms with Crippen molar-refractivity contribution in [3.63, 3.8) is 0 Å². The summed E-state index contributed by atoms with van der Waals surface area (Å²) >= 11 is 11.4. The first kappa shape index (κ1) is 11.3. The van der Waals surface area contributed by atoms with Crippen LogP contribution in [0.1, 0.15) is 26.2 Å². The molecule has 90 valence electrons. The summed E-state index contributed by atoms with van der Waals surface area (Å²) in [6.45, 7) is 3.30. The molecule has 0 saturated heterocycles. The number of nitrogens with one attached hydrogen (secondary N) is 1. The third-order valence-corrected chi connectivity index (χ3v) is 4.49. The first-order valence-corrected chi connectivity index (χ1v) is 6.80. The Kier molecular flexibility index (Phi) is 2.56. The molecule has 0 unspecified atom stereocenters. The summed E-state index contributed by atoms with van der Waals surface area (Å²) in [7, 11) is 0. The number of aromatic nitrogens is 2. The number of imidazole rings is 1. The second kappa shape index (κ2) is 3.85. The lowest BCUT2D eigenvalue weighted by atomic mass is 10.0. The van der Waals surface area contributed by atoms with Crippen molar-refractivity contribution in [3.8, 4) is 0 Å². The van der Waals surface area contributed by atoms with Crippen LogP contribution in [-0.2, 0) is 6.54 Å². The molecule has 1 aliphatic rings. The summed E-state index contributed by atoms with van der Waals surface area (Å²) in [5, 5.41) is 0.748. The molecular formula is C13H15ClN2S. The van der Waals surface area contributed by atoms with E-state index >= 15 is 0 Å². The number of hydrogen-bond acceptors (Lipinski definition) is 1. The highest BCUT2D eigenvalue weighted by atomic mass is 35.5. The van der Waals surface area contributed by atoms with Gasteiger partial charge in [0.1, 0.15) is 0 Å². The Morgan fingerprint density at radius 1 is 1.47 bits per heavy atom. The summed E-state index contributed by atoms with van der Waals surface area (Å²) in [6, 6.07) is 5.92. The van der Waals surface area contributed by atoms with E-state index in [0.717, 1.165) is 21.9 Å². The van der Waals surface area contributed by atoms with Crippen molar-refractivity contribution in [3.05, 3.63) is 28.0 Å². The highest BCUT2D eigenvalue weighted by molar-refractivity contribution is 7.71. The predicted molar refractivity (Wildman–Crippen MR) is 74.1 cm³/mol. The fraction of sp³-hybridized carbons (Fsp3) is 0.462. The largest absolute Gasteiger partial charge is 0.331 e. The summed E-state index contributed by atoms with van der Waals surface area (Å²) in [4.78, 5) is 3.24. The van der Waals surface area contributed by atoms with Crippen molar-refractivity contribution in [1.82, 2.24) is 9.55 Å². The van der Waals surface area contributed by atoms with Gasteiger partial charge in [-0.15, -0.1) is 0 Å². The van der Waals surface area contributed by atoms with Crippen molar-refractivity contribution in [2.75, 3.05) is 0 Å². The predicted octanol–water partition coefficient (Wildman–Crippen LogP) is 4.54. The third-order valence-electron chi connectivity index (χ3n) is 3.94. The number of halogens is 1. The zero-order valence-electron chi connectivity index (χ0n) is 9.79. The fourth-order valence-electron chi connectivity index (χ4n) is 2.43. The first-order chi connectivity index (χ1) is 8.13. The van der Waals surface area contributed by atoms with Crippen molar-refractivity contribution in [2.24, 2.45) is 5.41 Å². The van der Waals surface area contributed by atoms with Gasteiger partial charge in [-0.1, -0.05) is 18.5 Å². The van der Waals surface area contributed by atoms with Crippen LogP contribution in [0.3, 0.4) is 0 Å². The van der Waals surface area contributed by atoms with Gasteiger partial charge in [0, 0.05) is 11.6 Å². The summed E-state index contributed by atoms with van der Waals surface area (Å²) in [5.41, 5.74) is 2.70. The number of aromatic amines is 1. The Balaban J connectivity index is 2.09. The normalized spacial score (nSPS) is 17.5. The van der Waals surface area contributed by atoms with Crippen molar-refractivity contribution in [2.45, 2.75) is 32.7 Å². The van der Waals surface area contributed by atoms with Gasteiger partial charge in [0.2, 0.25) is 0 Å². The van der Waals surface area contributed by atoms with E-state index in [2.05, 4.69) is 22.5 Å². The molecule has 0 atom stereocenters. The molecule has 1 saturated carbocycles. The average molecular weight is 267 g/mol. The number of H-pyrrole nitrogens is 1. The van der Waals surface area contributed by atoms with Crippen LogP contribution in [0.25, 0.3) is 11.0 Å². The van der Waals surface area contributed by atoms with E-state index in [0.29, 0.717) is 5.41 Å². The standard InChI is InChI=1S/C13H15ClN2S/c1-2-13(5-6-13)8-16-11-4-3-9(14)7-10(11)15-12(16)17/h3-4,7H,2,5-6,8H2,1H3,(H,15,17). The molecule has 0 amide bonds. The second-order valence-corrected chi connectivity index (χ2v) is 5.85. The minimum atomic E-state index is 0.493. The summed E-state index contributed by atoms with van der Waals surface area (Å²) in [5.74, 6) is 0. The lowest BCUT2D eigenvalue weighted by Gasteiger charge is -2.13. The zero-order valence-corrected chi connectivity index (χ0v) is 11.4.